The summed E-state index contributed by atoms with van der Waals surface area (Å²) >= 11 is 0. The van der Waals surface area contributed by atoms with Crippen molar-refractivity contribution in [3.05, 3.63) is 0 Å². The Kier molecular flexibility index (Phi) is 7.15. The average molecular weight is 232 g/mol. The number of hydrogen-bond acceptors (Lipinski definition) is 4. The molecule has 0 aliphatic carbocycles. The van der Waals surface area contributed by atoms with Gasteiger partial charge in [0.2, 0.25) is 0 Å². The Labute approximate surface area is 99.8 Å². The number of ether oxygens (including phenoxy) is 1. The van der Waals surface area contributed by atoms with Gasteiger partial charge >= 0.3 is 0 Å². The Morgan fingerprint density at radius 3 is 2.19 bits per heavy atom. The van der Waals surface area contributed by atoms with Gasteiger partial charge in [-0.15, -0.1) is 0 Å². The zero-order valence-electron chi connectivity index (χ0n) is 11.4. The smallest absolute Gasteiger partial charge is 0.0859 e. The molecular formula is C12H28N2O2. The Morgan fingerprint density at radius 2 is 1.69 bits per heavy atom. The van der Waals surface area contributed by atoms with E-state index in [0.717, 1.165) is 25.8 Å². The lowest BCUT2D eigenvalue weighted by atomic mass is 10.0. The lowest BCUT2D eigenvalue weighted by Crippen LogP contribution is -2.33. The molecule has 0 spiro atoms. The van der Waals surface area contributed by atoms with Gasteiger partial charge in [-0.05, 0) is 54.1 Å². The van der Waals surface area contributed by atoms with Crippen LogP contribution < -0.4 is 11.2 Å². The molecule has 0 saturated heterocycles. The van der Waals surface area contributed by atoms with Crippen LogP contribution >= 0.6 is 0 Å². The minimum atomic E-state index is -0.305. The van der Waals surface area contributed by atoms with Crippen LogP contribution in [0.2, 0.25) is 0 Å². The lowest BCUT2D eigenvalue weighted by Gasteiger charge is -2.28. The van der Waals surface area contributed by atoms with Gasteiger partial charge < -0.3 is 10.1 Å². The average Bonchev–Trinajstić information content (AvgIpc) is 2.17. The van der Waals surface area contributed by atoms with Crippen LogP contribution in [0.25, 0.3) is 0 Å². The number of hydrogen-bond donors (Lipinski definition) is 2. The van der Waals surface area contributed by atoms with Crippen molar-refractivity contribution < 1.29 is 9.57 Å². The summed E-state index contributed by atoms with van der Waals surface area (Å²) in [7, 11) is 1.97. The van der Waals surface area contributed by atoms with Crippen molar-refractivity contribution in [3.63, 3.8) is 0 Å². The number of nitrogens with two attached hydrogens (primary N) is 1. The van der Waals surface area contributed by atoms with Crippen molar-refractivity contribution in [3.8, 4) is 0 Å². The first-order valence-corrected chi connectivity index (χ1v) is 5.99. The second-order valence-corrected chi connectivity index (χ2v) is 5.44. The van der Waals surface area contributed by atoms with Crippen LogP contribution in [0.3, 0.4) is 0 Å². The predicted octanol–water partition coefficient (Wildman–Crippen LogP) is 1.84. The summed E-state index contributed by atoms with van der Waals surface area (Å²) in [6, 6.07) is 0. The second-order valence-electron chi connectivity index (χ2n) is 5.44. The van der Waals surface area contributed by atoms with Crippen LogP contribution in [0.1, 0.15) is 47.0 Å². The van der Waals surface area contributed by atoms with Crippen LogP contribution in [0.4, 0.5) is 0 Å². The van der Waals surface area contributed by atoms with Crippen molar-refractivity contribution in [2.45, 2.75) is 58.2 Å². The SMILES string of the molecule is CNCCCC(C)(C)OCCC(C)(C)ON. The van der Waals surface area contributed by atoms with E-state index in [1.54, 1.807) is 0 Å². The van der Waals surface area contributed by atoms with E-state index in [1.165, 1.54) is 0 Å². The molecule has 0 atom stereocenters. The minimum Gasteiger partial charge on any atom is -0.375 e. The van der Waals surface area contributed by atoms with Gasteiger partial charge in [0, 0.05) is 6.42 Å². The summed E-state index contributed by atoms with van der Waals surface area (Å²) in [5, 5.41) is 3.14. The van der Waals surface area contributed by atoms with Crippen molar-refractivity contribution >= 4 is 0 Å². The first kappa shape index (κ1) is 15.8. The van der Waals surface area contributed by atoms with Gasteiger partial charge in [0.1, 0.15) is 0 Å². The van der Waals surface area contributed by atoms with E-state index >= 15 is 0 Å². The molecule has 3 N–H and O–H groups in total. The fraction of sp³-hybridized carbons (Fsp3) is 1.00. The van der Waals surface area contributed by atoms with Crippen LogP contribution in [-0.2, 0) is 9.57 Å². The molecule has 0 radical (unpaired) electrons. The maximum absolute atomic E-state index is 5.85. The molecule has 16 heavy (non-hydrogen) atoms. The molecule has 98 valence electrons. The molecule has 0 fully saturated rings. The Bertz CT molecular complexity index is 182. The summed E-state index contributed by atoms with van der Waals surface area (Å²) in [6.45, 7) is 9.88. The summed E-state index contributed by atoms with van der Waals surface area (Å²) in [5.74, 6) is 5.19. The highest BCUT2D eigenvalue weighted by molar-refractivity contribution is 4.71. The Balaban J connectivity index is 3.73. The van der Waals surface area contributed by atoms with Crippen molar-refractivity contribution in [1.29, 1.82) is 0 Å². The molecule has 0 unspecified atom stereocenters. The van der Waals surface area contributed by atoms with Crippen molar-refractivity contribution in [1.82, 2.24) is 5.32 Å². The molecule has 0 aromatic rings. The van der Waals surface area contributed by atoms with Crippen molar-refractivity contribution in [2.24, 2.45) is 5.90 Å². The second kappa shape index (κ2) is 7.22. The third kappa shape index (κ3) is 8.05. The minimum absolute atomic E-state index is 0.0679. The predicted molar refractivity (Wildman–Crippen MR) is 67.2 cm³/mol. The van der Waals surface area contributed by atoms with E-state index in [1.807, 2.05) is 20.9 Å². The van der Waals surface area contributed by atoms with E-state index in [0.29, 0.717) is 6.61 Å². The van der Waals surface area contributed by atoms with Gasteiger partial charge in [-0.3, -0.25) is 4.84 Å². The van der Waals surface area contributed by atoms with E-state index in [-0.39, 0.29) is 11.2 Å². The van der Waals surface area contributed by atoms with Crippen molar-refractivity contribution in [2.75, 3.05) is 20.2 Å². The number of nitrogens with one attached hydrogen (secondary N) is 1. The summed E-state index contributed by atoms with van der Waals surface area (Å²) in [5.41, 5.74) is -0.372. The normalized spacial score (nSPS) is 13.1. The molecule has 0 rings (SSSR count). The van der Waals surface area contributed by atoms with Crippen LogP contribution in [0.15, 0.2) is 0 Å². The highest BCUT2D eigenvalue weighted by Gasteiger charge is 2.21. The van der Waals surface area contributed by atoms with E-state index in [4.69, 9.17) is 15.5 Å². The zero-order valence-corrected chi connectivity index (χ0v) is 11.4. The molecule has 4 nitrogen and oxygen atoms in total. The molecule has 0 bridgehead atoms. The topological polar surface area (TPSA) is 56.5 Å². The third-order valence-electron chi connectivity index (χ3n) is 2.72. The Morgan fingerprint density at radius 1 is 1.06 bits per heavy atom. The molecule has 0 amide bonds. The quantitative estimate of drug-likeness (QED) is 0.470. The fourth-order valence-corrected chi connectivity index (χ4v) is 1.40. The Hall–Kier alpha value is -0.160. The van der Waals surface area contributed by atoms with Gasteiger partial charge in [-0.25, -0.2) is 5.90 Å². The molecule has 0 saturated carbocycles. The van der Waals surface area contributed by atoms with Gasteiger partial charge in [-0.2, -0.15) is 0 Å². The summed E-state index contributed by atoms with van der Waals surface area (Å²) < 4.78 is 5.85. The molecule has 0 aromatic heterocycles. The number of rotatable bonds is 9. The first-order chi connectivity index (χ1) is 7.33. The van der Waals surface area contributed by atoms with Gasteiger partial charge in [0.15, 0.2) is 0 Å². The first-order valence-electron chi connectivity index (χ1n) is 5.99. The standard InChI is InChI=1S/C12H28N2O2/c1-11(2,7-6-9-14-5)15-10-8-12(3,4)16-13/h14H,6-10,13H2,1-5H3. The molecular weight excluding hydrogens is 204 g/mol. The van der Waals surface area contributed by atoms with Gasteiger partial charge in [0.05, 0.1) is 17.8 Å². The maximum atomic E-state index is 5.85. The summed E-state index contributed by atoms with van der Waals surface area (Å²) in [6.07, 6.45) is 2.98. The van der Waals surface area contributed by atoms with Gasteiger partial charge in [0.25, 0.3) is 0 Å². The monoisotopic (exact) mass is 232 g/mol. The van der Waals surface area contributed by atoms with E-state index < -0.39 is 0 Å². The maximum Gasteiger partial charge on any atom is 0.0859 e. The fourth-order valence-electron chi connectivity index (χ4n) is 1.40. The van der Waals surface area contributed by atoms with Crippen LogP contribution in [0.5, 0.6) is 0 Å². The molecule has 0 heterocycles. The third-order valence-corrected chi connectivity index (χ3v) is 2.72. The van der Waals surface area contributed by atoms with Gasteiger partial charge in [-0.1, -0.05) is 0 Å². The zero-order chi connectivity index (χ0) is 12.7. The summed E-state index contributed by atoms with van der Waals surface area (Å²) in [4.78, 5) is 4.86. The molecule has 0 aliphatic rings. The van der Waals surface area contributed by atoms with E-state index in [2.05, 4.69) is 19.2 Å². The highest BCUT2D eigenvalue weighted by Crippen LogP contribution is 2.19. The van der Waals surface area contributed by atoms with E-state index in [9.17, 15) is 0 Å². The highest BCUT2D eigenvalue weighted by atomic mass is 16.6. The molecule has 0 aliphatic heterocycles. The lowest BCUT2D eigenvalue weighted by molar-refractivity contribution is -0.0760. The van der Waals surface area contributed by atoms with Crippen LogP contribution in [-0.4, -0.2) is 31.4 Å². The molecule has 4 heteroatoms. The largest absolute Gasteiger partial charge is 0.375 e. The molecule has 0 aromatic carbocycles. The van der Waals surface area contributed by atoms with Crippen LogP contribution in [0, 0.1) is 0 Å².